The maximum atomic E-state index is 4.95. The SMILES string of the molecule is COCC[Si](C)(C)C.c1ccc(-c2c[nH]c3nccc(N4CCCC5(CCCCN5)C4)c23)nc1. The third kappa shape index (κ3) is 6.06. The van der Waals surface area contributed by atoms with Gasteiger partial charge in [0.25, 0.3) is 0 Å². The van der Waals surface area contributed by atoms with Crippen molar-refractivity contribution in [3.8, 4) is 11.3 Å². The van der Waals surface area contributed by atoms with Crippen molar-refractivity contribution in [2.75, 3.05) is 38.3 Å². The number of ether oxygens (including phenoxy) is 1. The molecule has 7 heteroatoms. The van der Waals surface area contributed by atoms with Gasteiger partial charge in [0.05, 0.1) is 16.8 Å². The average Bonchev–Trinajstić information content (AvgIpc) is 3.28. The lowest BCUT2D eigenvalue weighted by molar-refractivity contribution is 0.214. The molecule has 3 aromatic heterocycles. The molecule has 6 nitrogen and oxygen atoms in total. The van der Waals surface area contributed by atoms with Crippen LogP contribution in [0.15, 0.2) is 42.9 Å². The molecule has 1 atom stereocenters. The predicted octanol–water partition coefficient (Wildman–Crippen LogP) is 5.71. The molecule has 0 radical (unpaired) electrons. The van der Waals surface area contributed by atoms with Gasteiger partial charge in [-0.1, -0.05) is 32.1 Å². The van der Waals surface area contributed by atoms with Gasteiger partial charge in [-0.05, 0) is 56.5 Å². The molecular formula is C27H41N5OSi. The van der Waals surface area contributed by atoms with E-state index in [4.69, 9.17) is 4.74 Å². The minimum Gasteiger partial charge on any atom is -0.385 e. The van der Waals surface area contributed by atoms with Gasteiger partial charge in [-0.15, -0.1) is 0 Å². The van der Waals surface area contributed by atoms with Gasteiger partial charge in [-0.2, -0.15) is 0 Å². The van der Waals surface area contributed by atoms with Crippen molar-refractivity contribution in [1.29, 1.82) is 0 Å². The first-order valence-electron chi connectivity index (χ1n) is 12.8. The monoisotopic (exact) mass is 479 g/mol. The van der Waals surface area contributed by atoms with Crippen LogP contribution in [0, 0.1) is 0 Å². The molecule has 2 fully saturated rings. The molecule has 0 saturated carbocycles. The zero-order valence-electron chi connectivity index (χ0n) is 21.4. The first-order valence-corrected chi connectivity index (χ1v) is 16.5. The van der Waals surface area contributed by atoms with Crippen LogP contribution in [0.4, 0.5) is 5.69 Å². The van der Waals surface area contributed by atoms with Gasteiger partial charge in [0, 0.05) is 64.6 Å². The molecule has 5 rings (SSSR count). The van der Waals surface area contributed by atoms with Crippen molar-refractivity contribution in [3.05, 3.63) is 42.9 Å². The maximum absolute atomic E-state index is 4.95. The molecule has 2 N–H and O–H groups in total. The van der Waals surface area contributed by atoms with Crippen LogP contribution in [0.25, 0.3) is 22.3 Å². The van der Waals surface area contributed by atoms with Crippen LogP contribution in [0.3, 0.4) is 0 Å². The van der Waals surface area contributed by atoms with Crippen LogP contribution in [0.5, 0.6) is 0 Å². The molecule has 1 spiro atoms. The lowest BCUT2D eigenvalue weighted by atomic mass is 9.81. The normalized spacial score (nSPS) is 20.9. The first-order chi connectivity index (χ1) is 16.4. The molecule has 0 aliphatic carbocycles. The summed E-state index contributed by atoms with van der Waals surface area (Å²) in [5.74, 6) is 0. The summed E-state index contributed by atoms with van der Waals surface area (Å²) in [6.07, 6.45) is 12.3. The predicted molar refractivity (Wildman–Crippen MR) is 145 cm³/mol. The Bertz CT molecular complexity index is 1030. The van der Waals surface area contributed by atoms with Crippen LogP contribution in [-0.4, -0.2) is 61.9 Å². The topological polar surface area (TPSA) is 66.1 Å². The molecule has 0 bridgehead atoms. The van der Waals surface area contributed by atoms with E-state index in [2.05, 4.69) is 56.9 Å². The zero-order chi connectivity index (χ0) is 24.0. The molecule has 0 aromatic carbocycles. The summed E-state index contributed by atoms with van der Waals surface area (Å²) in [4.78, 5) is 15.0. The van der Waals surface area contributed by atoms with E-state index < -0.39 is 8.07 Å². The van der Waals surface area contributed by atoms with Crippen LogP contribution in [0.1, 0.15) is 32.1 Å². The third-order valence-electron chi connectivity index (χ3n) is 7.05. The van der Waals surface area contributed by atoms with Crippen LogP contribution >= 0.6 is 0 Å². The van der Waals surface area contributed by atoms with Crippen molar-refractivity contribution in [1.82, 2.24) is 20.3 Å². The van der Waals surface area contributed by atoms with Gasteiger partial charge in [0.15, 0.2) is 0 Å². The number of hydrogen-bond donors (Lipinski definition) is 2. The van der Waals surface area contributed by atoms with Gasteiger partial charge in [-0.25, -0.2) is 4.98 Å². The molecule has 2 aliphatic rings. The fourth-order valence-corrected chi connectivity index (χ4v) is 5.97. The fourth-order valence-electron chi connectivity index (χ4n) is 5.15. The number of piperidine rings is 2. The number of aromatic nitrogens is 3. The number of nitrogens with one attached hydrogen (secondary N) is 2. The molecule has 2 aliphatic heterocycles. The second-order valence-corrected chi connectivity index (χ2v) is 16.6. The van der Waals surface area contributed by atoms with E-state index in [-0.39, 0.29) is 5.54 Å². The molecular weight excluding hydrogens is 438 g/mol. The number of hydrogen-bond acceptors (Lipinski definition) is 5. The Morgan fingerprint density at radius 2 is 1.91 bits per heavy atom. The molecule has 2 saturated heterocycles. The number of fused-ring (bicyclic) bond motifs is 1. The third-order valence-corrected chi connectivity index (χ3v) is 8.75. The van der Waals surface area contributed by atoms with E-state index in [0.717, 1.165) is 43.1 Å². The Kier molecular flexibility index (Phi) is 8.06. The van der Waals surface area contributed by atoms with Gasteiger partial charge >= 0.3 is 0 Å². The van der Waals surface area contributed by atoms with E-state index in [9.17, 15) is 0 Å². The highest BCUT2D eigenvalue weighted by atomic mass is 28.3. The number of nitrogens with zero attached hydrogens (tertiary/aromatic N) is 3. The highest BCUT2D eigenvalue weighted by Crippen LogP contribution is 2.38. The maximum Gasteiger partial charge on any atom is 0.140 e. The lowest BCUT2D eigenvalue weighted by Crippen LogP contribution is -2.59. The summed E-state index contributed by atoms with van der Waals surface area (Å²) >= 11 is 0. The second-order valence-electron chi connectivity index (χ2n) is 11.0. The minimum atomic E-state index is -0.803. The number of H-pyrrole nitrogens is 1. The molecule has 0 amide bonds. The van der Waals surface area contributed by atoms with Gasteiger partial charge in [0.1, 0.15) is 5.65 Å². The molecule has 1 unspecified atom stereocenters. The van der Waals surface area contributed by atoms with Crippen molar-refractivity contribution in [2.45, 2.75) is 63.3 Å². The minimum absolute atomic E-state index is 0.285. The Labute approximate surface area is 205 Å². The van der Waals surface area contributed by atoms with Crippen molar-refractivity contribution in [3.63, 3.8) is 0 Å². The summed E-state index contributed by atoms with van der Waals surface area (Å²) < 4.78 is 4.95. The highest BCUT2D eigenvalue weighted by Gasteiger charge is 2.37. The Morgan fingerprint density at radius 3 is 2.59 bits per heavy atom. The fraction of sp³-hybridized carbons (Fsp3) is 0.556. The van der Waals surface area contributed by atoms with Gasteiger partial charge in [0.2, 0.25) is 0 Å². The smallest absolute Gasteiger partial charge is 0.140 e. The Hall–Kier alpha value is -2.22. The van der Waals surface area contributed by atoms with Crippen LogP contribution < -0.4 is 10.2 Å². The quantitative estimate of drug-likeness (QED) is 0.459. The van der Waals surface area contributed by atoms with E-state index in [1.807, 2.05) is 30.7 Å². The number of pyridine rings is 2. The number of rotatable bonds is 5. The zero-order valence-corrected chi connectivity index (χ0v) is 22.4. The summed E-state index contributed by atoms with van der Waals surface area (Å²) in [6.45, 7) is 11.3. The number of methoxy groups -OCH3 is 1. The van der Waals surface area contributed by atoms with E-state index in [1.165, 1.54) is 49.2 Å². The summed E-state index contributed by atoms with van der Waals surface area (Å²) in [5, 5.41) is 5.04. The molecule has 34 heavy (non-hydrogen) atoms. The summed E-state index contributed by atoms with van der Waals surface area (Å²) in [7, 11) is 0.961. The second kappa shape index (κ2) is 11.0. The number of anilines is 1. The highest BCUT2D eigenvalue weighted by molar-refractivity contribution is 6.76. The largest absolute Gasteiger partial charge is 0.385 e. The lowest BCUT2D eigenvalue weighted by Gasteiger charge is -2.47. The van der Waals surface area contributed by atoms with Crippen molar-refractivity contribution in [2.24, 2.45) is 0 Å². The molecule has 184 valence electrons. The van der Waals surface area contributed by atoms with Crippen LogP contribution in [-0.2, 0) is 4.74 Å². The van der Waals surface area contributed by atoms with Crippen molar-refractivity contribution >= 4 is 24.8 Å². The Balaban J connectivity index is 0.000000297. The average molecular weight is 480 g/mol. The van der Waals surface area contributed by atoms with Crippen molar-refractivity contribution < 1.29 is 4.74 Å². The first kappa shape index (κ1) is 24.9. The molecule has 3 aromatic rings. The van der Waals surface area contributed by atoms with E-state index in [1.54, 1.807) is 7.11 Å². The number of aromatic amines is 1. The van der Waals surface area contributed by atoms with E-state index in [0.29, 0.717) is 0 Å². The van der Waals surface area contributed by atoms with Gasteiger partial charge in [-0.3, -0.25) is 4.98 Å². The standard InChI is InChI=1S/C21H25N5.C6H16OSi/c1-3-10-22-17(6-1)16-14-24-20-19(16)18(7-12-23-20)26-13-5-9-21(15-26)8-2-4-11-25-21;1-7-5-6-8(2,3)4/h1,3,6-7,10,12,14,25H,2,4-5,8-9,11,13,15H2,(H,23,24);5-6H2,1-4H3. The Morgan fingerprint density at radius 1 is 1.06 bits per heavy atom. The van der Waals surface area contributed by atoms with Gasteiger partial charge < -0.3 is 19.9 Å². The van der Waals surface area contributed by atoms with Crippen LogP contribution in [0.2, 0.25) is 25.7 Å². The summed E-state index contributed by atoms with van der Waals surface area (Å²) in [5.41, 5.74) is 4.64. The van der Waals surface area contributed by atoms with E-state index >= 15 is 0 Å². The summed E-state index contributed by atoms with van der Waals surface area (Å²) in [6, 6.07) is 9.52. The molecule has 5 heterocycles.